The Morgan fingerprint density at radius 1 is 1.23 bits per heavy atom. The zero-order chi connectivity index (χ0) is 22.1. The maximum atomic E-state index is 12.6. The number of amides is 2. The number of hydrogen-bond acceptors (Lipinski definition) is 7. The summed E-state index contributed by atoms with van der Waals surface area (Å²) in [5, 5.41) is 7.20. The van der Waals surface area contributed by atoms with E-state index in [9.17, 15) is 14.4 Å². The maximum Gasteiger partial charge on any atom is 0.310 e. The van der Waals surface area contributed by atoms with Gasteiger partial charge in [-0.3, -0.25) is 14.4 Å². The van der Waals surface area contributed by atoms with Crippen molar-refractivity contribution in [2.45, 2.75) is 77.7 Å². The van der Waals surface area contributed by atoms with Gasteiger partial charge in [-0.25, -0.2) is 0 Å². The van der Waals surface area contributed by atoms with Gasteiger partial charge in [0.15, 0.2) is 5.82 Å². The van der Waals surface area contributed by atoms with Gasteiger partial charge in [0.2, 0.25) is 17.7 Å². The van der Waals surface area contributed by atoms with Gasteiger partial charge < -0.3 is 19.5 Å². The molecular formula is C21H34N4O5. The van der Waals surface area contributed by atoms with Crippen LogP contribution in [-0.4, -0.2) is 53.0 Å². The molecular weight excluding hydrogens is 388 g/mol. The maximum absolute atomic E-state index is 12.6. The zero-order valence-electron chi connectivity index (χ0n) is 18.5. The lowest BCUT2D eigenvalue weighted by Gasteiger charge is -2.30. The van der Waals surface area contributed by atoms with Crippen LogP contribution < -0.4 is 5.32 Å². The van der Waals surface area contributed by atoms with Crippen LogP contribution in [0.4, 0.5) is 0 Å². The van der Waals surface area contributed by atoms with E-state index in [1.54, 1.807) is 11.8 Å². The summed E-state index contributed by atoms with van der Waals surface area (Å²) >= 11 is 0. The average Bonchev–Trinajstić information content (AvgIpc) is 3.09. The van der Waals surface area contributed by atoms with E-state index in [1.807, 2.05) is 6.92 Å². The number of carbonyl (C=O) groups excluding carboxylic acids is 3. The Morgan fingerprint density at radius 3 is 2.47 bits per heavy atom. The molecule has 1 saturated carbocycles. The first-order chi connectivity index (χ1) is 14.3. The van der Waals surface area contributed by atoms with Crippen LogP contribution in [0.3, 0.4) is 0 Å². The van der Waals surface area contributed by atoms with Crippen molar-refractivity contribution >= 4 is 17.8 Å². The van der Waals surface area contributed by atoms with E-state index in [-0.39, 0.29) is 30.1 Å². The van der Waals surface area contributed by atoms with Crippen LogP contribution in [0.15, 0.2) is 4.52 Å². The second-order valence-electron chi connectivity index (χ2n) is 8.05. The fourth-order valence-corrected chi connectivity index (χ4v) is 4.01. The van der Waals surface area contributed by atoms with Gasteiger partial charge in [0.1, 0.15) is 5.54 Å². The predicted octanol–water partition coefficient (Wildman–Crippen LogP) is 2.35. The van der Waals surface area contributed by atoms with Crippen LogP contribution in [-0.2, 0) is 31.1 Å². The van der Waals surface area contributed by atoms with Gasteiger partial charge in [-0.2, -0.15) is 4.98 Å². The van der Waals surface area contributed by atoms with E-state index in [4.69, 9.17) is 9.26 Å². The van der Waals surface area contributed by atoms with E-state index in [0.717, 1.165) is 38.5 Å². The Bertz CT molecular complexity index is 725. The fourth-order valence-electron chi connectivity index (χ4n) is 4.01. The monoisotopic (exact) mass is 422 g/mol. The molecule has 30 heavy (non-hydrogen) atoms. The predicted molar refractivity (Wildman–Crippen MR) is 109 cm³/mol. The molecule has 1 atom stereocenters. The molecule has 9 nitrogen and oxygen atoms in total. The topological polar surface area (TPSA) is 115 Å². The second kappa shape index (κ2) is 11.1. The summed E-state index contributed by atoms with van der Waals surface area (Å²) in [7, 11) is 1.34. The number of aromatic nitrogens is 2. The minimum Gasteiger partial charge on any atom is -0.469 e. The summed E-state index contributed by atoms with van der Waals surface area (Å²) in [6.45, 7) is 5.92. The SMILES string of the molecule is CCN(CC(C)C(=O)OC)C(=O)CCc1nc(C2(NC(C)=O)CCCCCC2)no1. The molecule has 1 aromatic heterocycles. The van der Waals surface area contributed by atoms with Crippen molar-refractivity contribution in [3.8, 4) is 0 Å². The van der Waals surface area contributed by atoms with Crippen molar-refractivity contribution in [2.75, 3.05) is 20.2 Å². The lowest BCUT2D eigenvalue weighted by molar-refractivity contribution is -0.146. The average molecular weight is 423 g/mol. The van der Waals surface area contributed by atoms with E-state index in [1.165, 1.54) is 14.0 Å². The van der Waals surface area contributed by atoms with Crippen molar-refractivity contribution in [3.05, 3.63) is 11.7 Å². The third-order valence-corrected chi connectivity index (χ3v) is 5.65. The van der Waals surface area contributed by atoms with Crippen molar-refractivity contribution < 1.29 is 23.6 Å². The Hall–Kier alpha value is -2.45. The number of esters is 1. The number of nitrogens with zero attached hydrogens (tertiary/aromatic N) is 3. The highest BCUT2D eigenvalue weighted by Gasteiger charge is 2.38. The molecule has 9 heteroatoms. The molecule has 0 radical (unpaired) electrons. The lowest BCUT2D eigenvalue weighted by Crippen LogP contribution is -2.45. The van der Waals surface area contributed by atoms with E-state index in [0.29, 0.717) is 31.2 Å². The highest BCUT2D eigenvalue weighted by atomic mass is 16.5. The summed E-state index contributed by atoms with van der Waals surface area (Å²) in [6.07, 6.45) is 6.30. The lowest BCUT2D eigenvalue weighted by atomic mass is 9.89. The summed E-state index contributed by atoms with van der Waals surface area (Å²) in [4.78, 5) is 42.2. The van der Waals surface area contributed by atoms with Crippen molar-refractivity contribution in [1.82, 2.24) is 20.4 Å². The van der Waals surface area contributed by atoms with E-state index >= 15 is 0 Å². The third-order valence-electron chi connectivity index (χ3n) is 5.65. The highest BCUT2D eigenvalue weighted by Crippen LogP contribution is 2.34. The number of aryl methyl sites for hydroxylation is 1. The molecule has 2 rings (SSSR count). The Labute approximate surface area is 177 Å². The fraction of sp³-hybridized carbons (Fsp3) is 0.762. The normalized spacial score (nSPS) is 16.9. The molecule has 0 bridgehead atoms. The summed E-state index contributed by atoms with van der Waals surface area (Å²) in [6, 6.07) is 0. The first kappa shape index (κ1) is 23.8. The number of methoxy groups -OCH3 is 1. The van der Waals surface area contributed by atoms with Gasteiger partial charge >= 0.3 is 5.97 Å². The van der Waals surface area contributed by atoms with Crippen LogP contribution in [0.5, 0.6) is 0 Å². The van der Waals surface area contributed by atoms with Crippen LogP contribution in [0.1, 0.15) is 77.4 Å². The van der Waals surface area contributed by atoms with Crippen LogP contribution in [0, 0.1) is 5.92 Å². The number of hydrogen-bond donors (Lipinski definition) is 1. The molecule has 1 fully saturated rings. The van der Waals surface area contributed by atoms with Crippen molar-refractivity contribution in [3.63, 3.8) is 0 Å². The first-order valence-electron chi connectivity index (χ1n) is 10.8. The quantitative estimate of drug-likeness (QED) is 0.480. The standard InChI is InChI=1S/C21H34N4O5/c1-5-25(14-15(2)19(28)29-4)18(27)11-10-17-22-20(24-30-17)21(23-16(3)26)12-8-6-7-9-13-21/h15H,5-14H2,1-4H3,(H,23,26). The molecule has 1 aliphatic rings. The van der Waals surface area contributed by atoms with Gasteiger partial charge in [-0.1, -0.05) is 37.8 Å². The molecule has 1 unspecified atom stereocenters. The molecule has 2 amide bonds. The van der Waals surface area contributed by atoms with Crippen LogP contribution in [0.2, 0.25) is 0 Å². The summed E-state index contributed by atoms with van der Waals surface area (Å²) in [5.41, 5.74) is -0.598. The van der Waals surface area contributed by atoms with Gasteiger partial charge in [-0.05, 0) is 19.8 Å². The molecule has 0 aliphatic heterocycles. The number of ether oxygens (including phenoxy) is 1. The molecule has 0 aromatic carbocycles. The van der Waals surface area contributed by atoms with Crippen LogP contribution >= 0.6 is 0 Å². The molecule has 1 aliphatic carbocycles. The van der Waals surface area contributed by atoms with Gasteiger partial charge in [0.05, 0.1) is 13.0 Å². The van der Waals surface area contributed by atoms with E-state index in [2.05, 4.69) is 15.5 Å². The smallest absolute Gasteiger partial charge is 0.310 e. The molecule has 1 heterocycles. The third kappa shape index (κ3) is 6.27. The molecule has 0 saturated heterocycles. The Morgan fingerprint density at radius 2 is 1.90 bits per heavy atom. The molecule has 0 spiro atoms. The summed E-state index contributed by atoms with van der Waals surface area (Å²) < 4.78 is 10.1. The molecule has 168 valence electrons. The molecule has 1 N–H and O–H groups in total. The summed E-state index contributed by atoms with van der Waals surface area (Å²) in [5.74, 6) is -0.0509. The first-order valence-corrected chi connectivity index (χ1v) is 10.8. The number of carbonyl (C=O) groups is 3. The van der Waals surface area contributed by atoms with Gasteiger partial charge in [0.25, 0.3) is 0 Å². The van der Waals surface area contributed by atoms with Gasteiger partial charge in [0, 0.05) is 32.9 Å². The minimum absolute atomic E-state index is 0.0842. The number of nitrogens with one attached hydrogen (secondary N) is 1. The number of rotatable bonds is 9. The zero-order valence-corrected chi connectivity index (χ0v) is 18.5. The largest absolute Gasteiger partial charge is 0.469 e. The second-order valence-corrected chi connectivity index (χ2v) is 8.05. The minimum atomic E-state index is -0.598. The van der Waals surface area contributed by atoms with E-state index < -0.39 is 5.54 Å². The Kier molecular flexibility index (Phi) is 8.80. The highest BCUT2D eigenvalue weighted by molar-refractivity contribution is 5.78. The van der Waals surface area contributed by atoms with Crippen molar-refractivity contribution in [2.24, 2.45) is 5.92 Å². The molecule has 1 aromatic rings. The van der Waals surface area contributed by atoms with Gasteiger partial charge in [-0.15, -0.1) is 0 Å². The van der Waals surface area contributed by atoms with Crippen LogP contribution in [0.25, 0.3) is 0 Å². The Balaban J connectivity index is 2.02. The van der Waals surface area contributed by atoms with Crippen molar-refractivity contribution in [1.29, 1.82) is 0 Å².